The summed E-state index contributed by atoms with van der Waals surface area (Å²) in [5, 5.41) is 9.15. The first kappa shape index (κ1) is 9.21. The number of pyridine rings is 1. The molecule has 0 aromatic carbocycles. The summed E-state index contributed by atoms with van der Waals surface area (Å²) >= 11 is 0. The summed E-state index contributed by atoms with van der Waals surface area (Å²) in [4.78, 5) is 15.3. The SMILES string of the molecule is O=C(O)c1cn2ccnc2c2c1CCCO2. The zero-order chi connectivity index (χ0) is 11.1. The Morgan fingerprint density at radius 3 is 3.25 bits per heavy atom. The molecule has 0 fully saturated rings. The van der Waals surface area contributed by atoms with Gasteiger partial charge in [0.15, 0.2) is 11.4 Å². The average molecular weight is 218 g/mol. The van der Waals surface area contributed by atoms with Crippen LogP contribution in [0.1, 0.15) is 22.3 Å². The fourth-order valence-corrected chi connectivity index (χ4v) is 2.07. The molecule has 2 aromatic heterocycles. The largest absolute Gasteiger partial charge is 0.489 e. The molecule has 3 rings (SSSR count). The zero-order valence-corrected chi connectivity index (χ0v) is 8.51. The normalized spacial score (nSPS) is 14.5. The Morgan fingerprint density at radius 1 is 1.56 bits per heavy atom. The molecule has 5 nitrogen and oxygen atoms in total. The molecule has 5 heteroatoms. The van der Waals surface area contributed by atoms with Crippen molar-refractivity contribution in [3.63, 3.8) is 0 Å². The topological polar surface area (TPSA) is 63.8 Å². The van der Waals surface area contributed by atoms with Gasteiger partial charge >= 0.3 is 5.97 Å². The fraction of sp³-hybridized carbons (Fsp3) is 0.273. The van der Waals surface area contributed by atoms with Crippen LogP contribution in [0.4, 0.5) is 0 Å². The number of carboxylic acid groups (broad SMARTS) is 1. The number of nitrogens with zero attached hydrogens (tertiary/aromatic N) is 2. The van der Waals surface area contributed by atoms with E-state index >= 15 is 0 Å². The minimum absolute atomic E-state index is 0.306. The Kier molecular flexibility index (Phi) is 1.86. The molecule has 0 saturated heterocycles. The average Bonchev–Trinajstić information content (AvgIpc) is 2.75. The first-order valence-electron chi connectivity index (χ1n) is 5.12. The van der Waals surface area contributed by atoms with Crippen molar-refractivity contribution < 1.29 is 14.6 Å². The van der Waals surface area contributed by atoms with Gasteiger partial charge < -0.3 is 14.2 Å². The van der Waals surface area contributed by atoms with Crippen LogP contribution in [0.2, 0.25) is 0 Å². The third-order valence-electron chi connectivity index (χ3n) is 2.79. The van der Waals surface area contributed by atoms with Gasteiger partial charge in [-0.1, -0.05) is 0 Å². The number of hydrogen-bond donors (Lipinski definition) is 1. The highest BCUT2D eigenvalue weighted by molar-refractivity contribution is 5.91. The second kappa shape index (κ2) is 3.23. The second-order valence-corrected chi connectivity index (χ2v) is 3.77. The van der Waals surface area contributed by atoms with Crippen LogP contribution >= 0.6 is 0 Å². The lowest BCUT2D eigenvalue weighted by molar-refractivity contribution is 0.0693. The van der Waals surface area contributed by atoms with Crippen LogP contribution in [0.15, 0.2) is 18.6 Å². The maximum absolute atomic E-state index is 11.1. The number of ether oxygens (including phenoxy) is 1. The third kappa shape index (κ3) is 1.18. The molecule has 16 heavy (non-hydrogen) atoms. The van der Waals surface area contributed by atoms with Crippen molar-refractivity contribution in [2.75, 3.05) is 6.61 Å². The molecule has 0 bridgehead atoms. The van der Waals surface area contributed by atoms with Crippen molar-refractivity contribution in [2.45, 2.75) is 12.8 Å². The van der Waals surface area contributed by atoms with Gasteiger partial charge in [-0.2, -0.15) is 0 Å². The Hall–Kier alpha value is -2.04. The van der Waals surface area contributed by atoms with E-state index in [0.29, 0.717) is 23.6 Å². The lowest BCUT2D eigenvalue weighted by atomic mass is 10.0. The van der Waals surface area contributed by atoms with E-state index < -0.39 is 5.97 Å². The Balaban J connectivity index is 2.37. The molecule has 3 heterocycles. The van der Waals surface area contributed by atoms with Crippen molar-refractivity contribution in [3.8, 4) is 5.75 Å². The van der Waals surface area contributed by atoms with Gasteiger partial charge in [0, 0.05) is 24.2 Å². The maximum Gasteiger partial charge on any atom is 0.337 e. The van der Waals surface area contributed by atoms with Gasteiger partial charge in [0.05, 0.1) is 12.2 Å². The highest BCUT2D eigenvalue weighted by atomic mass is 16.5. The minimum Gasteiger partial charge on any atom is -0.489 e. The summed E-state index contributed by atoms with van der Waals surface area (Å²) in [6.07, 6.45) is 6.54. The van der Waals surface area contributed by atoms with E-state index in [9.17, 15) is 4.79 Å². The first-order valence-corrected chi connectivity index (χ1v) is 5.12. The van der Waals surface area contributed by atoms with Crippen LogP contribution < -0.4 is 4.74 Å². The number of aromatic carboxylic acids is 1. The van der Waals surface area contributed by atoms with Crippen molar-refractivity contribution in [3.05, 3.63) is 29.7 Å². The van der Waals surface area contributed by atoms with Gasteiger partial charge in [-0.3, -0.25) is 0 Å². The number of carboxylic acids is 1. The predicted octanol–water partition coefficient (Wildman–Crippen LogP) is 1.36. The molecule has 0 atom stereocenters. The molecule has 0 saturated carbocycles. The van der Waals surface area contributed by atoms with E-state index in [0.717, 1.165) is 18.4 Å². The molecule has 1 aliphatic heterocycles. The van der Waals surface area contributed by atoms with Crippen LogP contribution in [0.25, 0.3) is 5.65 Å². The van der Waals surface area contributed by atoms with Gasteiger partial charge in [0.1, 0.15) is 0 Å². The monoisotopic (exact) mass is 218 g/mol. The number of imidazole rings is 1. The van der Waals surface area contributed by atoms with Crippen molar-refractivity contribution in [1.29, 1.82) is 0 Å². The van der Waals surface area contributed by atoms with Crippen LogP contribution in [0.3, 0.4) is 0 Å². The molecule has 82 valence electrons. The highest BCUT2D eigenvalue weighted by Crippen LogP contribution is 2.31. The van der Waals surface area contributed by atoms with E-state index in [2.05, 4.69) is 4.98 Å². The molecule has 0 aliphatic carbocycles. The van der Waals surface area contributed by atoms with Crippen LogP contribution in [0.5, 0.6) is 5.75 Å². The van der Waals surface area contributed by atoms with Crippen molar-refractivity contribution in [2.24, 2.45) is 0 Å². The van der Waals surface area contributed by atoms with Gasteiger partial charge in [-0.25, -0.2) is 9.78 Å². The Morgan fingerprint density at radius 2 is 2.44 bits per heavy atom. The van der Waals surface area contributed by atoms with E-state index in [1.54, 1.807) is 23.0 Å². The molecule has 0 spiro atoms. The summed E-state index contributed by atoms with van der Waals surface area (Å²) < 4.78 is 7.23. The highest BCUT2D eigenvalue weighted by Gasteiger charge is 2.22. The van der Waals surface area contributed by atoms with E-state index in [1.807, 2.05) is 0 Å². The first-order chi connectivity index (χ1) is 7.77. The molecule has 0 unspecified atom stereocenters. The number of fused-ring (bicyclic) bond motifs is 3. The Bertz CT molecular complexity index is 574. The van der Waals surface area contributed by atoms with Gasteiger partial charge in [-0.15, -0.1) is 0 Å². The van der Waals surface area contributed by atoms with Crippen molar-refractivity contribution in [1.82, 2.24) is 9.38 Å². The van der Waals surface area contributed by atoms with Crippen LogP contribution in [-0.4, -0.2) is 27.1 Å². The fourth-order valence-electron chi connectivity index (χ4n) is 2.07. The maximum atomic E-state index is 11.1. The predicted molar refractivity (Wildman–Crippen MR) is 56.0 cm³/mol. The van der Waals surface area contributed by atoms with E-state index in [1.165, 1.54) is 0 Å². The zero-order valence-electron chi connectivity index (χ0n) is 8.51. The van der Waals surface area contributed by atoms with Crippen LogP contribution in [0, 0.1) is 0 Å². The smallest absolute Gasteiger partial charge is 0.337 e. The van der Waals surface area contributed by atoms with Gasteiger partial charge in [-0.05, 0) is 12.8 Å². The lowest BCUT2D eigenvalue weighted by Gasteiger charge is -2.19. The molecule has 1 N–H and O–H groups in total. The third-order valence-corrected chi connectivity index (χ3v) is 2.79. The quantitative estimate of drug-likeness (QED) is 0.784. The summed E-state index contributed by atoms with van der Waals surface area (Å²) in [6, 6.07) is 0. The summed E-state index contributed by atoms with van der Waals surface area (Å²) in [6.45, 7) is 0.624. The minimum atomic E-state index is -0.919. The summed E-state index contributed by atoms with van der Waals surface area (Å²) in [7, 11) is 0. The standard InChI is InChI=1S/C11H10N2O3/c14-11(15)8-6-13-4-3-12-10(13)9-7(8)2-1-5-16-9/h3-4,6H,1-2,5H2,(H,14,15). The molecule has 1 aliphatic rings. The number of rotatable bonds is 1. The molecular weight excluding hydrogens is 208 g/mol. The Labute approximate surface area is 91.3 Å². The lowest BCUT2D eigenvalue weighted by Crippen LogP contribution is -2.15. The number of aromatic nitrogens is 2. The molecular formula is C11H10N2O3. The van der Waals surface area contributed by atoms with Gasteiger partial charge in [0.25, 0.3) is 0 Å². The molecule has 0 radical (unpaired) electrons. The van der Waals surface area contributed by atoms with Crippen LogP contribution in [-0.2, 0) is 6.42 Å². The summed E-state index contributed by atoms with van der Waals surface area (Å²) in [5.74, 6) is -0.298. The second-order valence-electron chi connectivity index (χ2n) is 3.77. The number of carbonyl (C=O) groups is 1. The number of hydrogen-bond acceptors (Lipinski definition) is 3. The molecule has 0 amide bonds. The summed E-state index contributed by atoms with van der Waals surface area (Å²) in [5.41, 5.74) is 1.76. The van der Waals surface area contributed by atoms with E-state index in [-0.39, 0.29) is 0 Å². The van der Waals surface area contributed by atoms with Crippen molar-refractivity contribution >= 4 is 11.6 Å². The van der Waals surface area contributed by atoms with E-state index in [4.69, 9.17) is 9.84 Å². The van der Waals surface area contributed by atoms with Gasteiger partial charge in [0.2, 0.25) is 0 Å². The molecule has 2 aromatic rings.